The Morgan fingerprint density at radius 3 is 2.32 bits per heavy atom. The predicted molar refractivity (Wildman–Crippen MR) is 72.7 cm³/mol. The number of ketones is 1. The molecule has 0 aromatic heterocycles. The van der Waals surface area contributed by atoms with Crippen molar-refractivity contribution < 1.29 is 19.1 Å². The van der Waals surface area contributed by atoms with E-state index in [2.05, 4.69) is 6.92 Å². The zero-order chi connectivity index (χ0) is 14.6. The van der Waals surface area contributed by atoms with Gasteiger partial charge in [0.25, 0.3) is 0 Å². The lowest BCUT2D eigenvalue weighted by molar-refractivity contribution is -0.163. The van der Waals surface area contributed by atoms with Crippen LogP contribution >= 0.6 is 0 Å². The van der Waals surface area contributed by atoms with Crippen molar-refractivity contribution in [2.75, 3.05) is 14.2 Å². The van der Waals surface area contributed by atoms with Crippen LogP contribution in [-0.2, 0) is 19.1 Å². The molecular formula is C15H26O4. The summed E-state index contributed by atoms with van der Waals surface area (Å²) in [6.45, 7) is 5.87. The summed E-state index contributed by atoms with van der Waals surface area (Å²) in [7, 11) is 2.90. The molecule has 1 rings (SSSR count). The molecule has 0 aromatic rings. The second-order valence-electron chi connectivity index (χ2n) is 6.01. The van der Waals surface area contributed by atoms with Crippen LogP contribution in [0.2, 0.25) is 0 Å². The van der Waals surface area contributed by atoms with E-state index >= 15 is 0 Å². The molecule has 1 aliphatic rings. The molecule has 1 aliphatic carbocycles. The Bertz CT molecular complexity index is 337. The lowest BCUT2D eigenvalue weighted by atomic mass is 9.71. The largest absolute Gasteiger partial charge is 0.468 e. The number of rotatable bonds is 5. The van der Waals surface area contributed by atoms with Gasteiger partial charge < -0.3 is 9.47 Å². The second-order valence-corrected chi connectivity index (χ2v) is 6.01. The number of esters is 1. The van der Waals surface area contributed by atoms with Gasteiger partial charge in [0.05, 0.1) is 7.11 Å². The van der Waals surface area contributed by atoms with Crippen LogP contribution in [0, 0.1) is 17.8 Å². The molecule has 1 fully saturated rings. The second kappa shape index (κ2) is 6.51. The highest BCUT2D eigenvalue weighted by molar-refractivity contribution is 6.03. The molecule has 0 saturated heterocycles. The van der Waals surface area contributed by atoms with Gasteiger partial charge in [-0.25, -0.2) is 0 Å². The first-order valence-corrected chi connectivity index (χ1v) is 7.05. The standard InChI is InChI=1S/C15H26O4/c1-10(2)12(14(17)18-4)13(16)15(19-5)8-6-7-11(3)9-15/h10-12H,6-9H2,1-5H3. The van der Waals surface area contributed by atoms with E-state index in [1.165, 1.54) is 7.11 Å². The van der Waals surface area contributed by atoms with Gasteiger partial charge in [-0.1, -0.05) is 27.2 Å². The van der Waals surface area contributed by atoms with Crippen molar-refractivity contribution in [1.82, 2.24) is 0 Å². The SMILES string of the molecule is COC(=O)C(C(=O)C1(OC)CCCC(C)C1)C(C)C. The smallest absolute Gasteiger partial charge is 0.316 e. The van der Waals surface area contributed by atoms with Crippen LogP contribution in [0.4, 0.5) is 0 Å². The van der Waals surface area contributed by atoms with E-state index in [4.69, 9.17) is 9.47 Å². The Hall–Kier alpha value is -0.900. The zero-order valence-electron chi connectivity index (χ0n) is 12.7. The minimum Gasteiger partial charge on any atom is -0.468 e. The lowest BCUT2D eigenvalue weighted by Gasteiger charge is -2.39. The topological polar surface area (TPSA) is 52.6 Å². The summed E-state index contributed by atoms with van der Waals surface area (Å²) in [5.74, 6) is -0.916. The molecule has 0 spiro atoms. The molecule has 19 heavy (non-hydrogen) atoms. The first-order chi connectivity index (χ1) is 8.88. The lowest BCUT2D eigenvalue weighted by Crippen LogP contribution is -2.50. The number of ether oxygens (including phenoxy) is 2. The van der Waals surface area contributed by atoms with Crippen LogP contribution in [0.25, 0.3) is 0 Å². The molecule has 4 nitrogen and oxygen atoms in total. The van der Waals surface area contributed by atoms with Gasteiger partial charge in [0.15, 0.2) is 5.78 Å². The van der Waals surface area contributed by atoms with E-state index in [0.717, 1.165) is 12.8 Å². The van der Waals surface area contributed by atoms with Gasteiger partial charge in [0, 0.05) is 7.11 Å². The number of Topliss-reactive ketones (excluding diaryl/α,β-unsaturated/α-hetero) is 1. The molecule has 0 bridgehead atoms. The molecule has 3 unspecified atom stereocenters. The highest BCUT2D eigenvalue weighted by Gasteiger charge is 2.48. The number of methoxy groups -OCH3 is 2. The van der Waals surface area contributed by atoms with Gasteiger partial charge in [-0.2, -0.15) is 0 Å². The van der Waals surface area contributed by atoms with Crippen LogP contribution in [-0.4, -0.2) is 31.6 Å². The van der Waals surface area contributed by atoms with E-state index in [1.807, 2.05) is 13.8 Å². The summed E-state index contributed by atoms with van der Waals surface area (Å²) in [5, 5.41) is 0. The Morgan fingerprint density at radius 2 is 1.89 bits per heavy atom. The monoisotopic (exact) mass is 270 g/mol. The van der Waals surface area contributed by atoms with E-state index < -0.39 is 17.5 Å². The third kappa shape index (κ3) is 3.35. The summed E-state index contributed by atoms with van der Waals surface area (Å²) < 4.78 is 10.4. The van der Waals surface area contributed by atoms with Crippen LogP contribution in [0.15, 0.2) is 0 Å². The van der Waals surface area contributed by atoms with Gasteiger partial charge in [-0.15, -0.1) is 0 Å². The highest BCUT2D eigenvalue weighted by Crippen LogP contribution is 2.38. The molecule has 4 heteroatoms. The molecular weight excluding hydrogens is 244 g/mol. The number of carbonyl (C=O) groups excluding carboxylic acids is 2. The molecule has 110 valence electrons. The Labute approximate surface area is 115 Å². The van der Waals surface area contributed by atoms with Crippen molar-refractivity contribution in [2.45, 2.75) is 52.1 Å². The Morgan fingerprint density at radius 1 is 1.26 bits per heavy atom. The van der Waals surface area contributed by atoms with Crippen molar-refractivity contribution in [2.24, 2.45) is 17.8 Å². The average Bonchev–Trinajstić information content (AvgIpc) is 2.37. The van der Waals surface area contributed by atoms with E-state index in [9.17, 15) is 9.59 Å². The maximum atomic E-state index is 12.8. The van der Waals surface area contributed by atoms with Gasteiger partial charge in [-0.05, 0) is 31.1 Å². The van der Waals surface area contributed by atoms with Crippen molar-refractivity contribution >= 4 is 11.8 Å². The van der Waals surface area contributed by atoms with Gasteiger partial charge in [0.2, 0.25) is 0 Å². The molecule has 0 N–H and O–H groups in total. The highest BCUT2D eigenvalue weighted by atomic mass is 16.5. The van der Waals surface area contributed by atoms with Crippen molar-refractivity contribution in [3.63, 3.8) is 0 Å². The van der Waals surface area contributed by atoms with E-state index in [-0.39, 0.29) is 11.7 Å². The molecule has 0 aromatic carbocycles. The normalized spacial score (nSPS) is 29.1. The molecule has 1 saturated carbocycles. The van der Waals surface area contributed by atoms with Crippen LogP contribution < -0.4 is 0 Å². The predicted octanol–water partition coefficient (Wildman–Crippen LogP) is 2.60. The molecule has 0 radical (unpaired) electrons. The van der Waals surface area contributed by atoms with Crippen molar-refractivity contribution in [3.05, 3.63) is 0 Å². The van der Waals surface area contributed by atoms with Gasteiger partial charge in [-0.3, -0.25) is 9.59 Å². The van der Waals surface area contributed by atoms with Gasteiger partial charge >= 0.3 is 5.97 Å². The van der Waals surface area contributed by atoms with E-state index in [0.29, 0.717) is 18.8 Å². The quantitative estimate of drug-likeness (QED) is 0.569. The fourth-order valence-electron chi connectivity index (χ4n) is 3.11. The van der Waals surface area contributed by atoms with Crippen molar-refractivity contribution in [3.8, 4) is 0 Å². The van der Waals surface area contributed by atoms with Crippen molar-refractivity contribution in [1.29, 1.82) is 0 Å². The van der Waals surface area contributed by atoms with E-state index in [1.54, 1.807) is 7.11 Å². The first kappa shape index (κ1) is 16.2. The summed E-state index contributed by atoms with van der Waals surface area (Å²) in [6.07, 6.45) is 3.48. The number of hydrogen-bond acceptors (Lipinski definition) is 4. The average molecular weight is 270 g/mol. The molecule has 0 amide bonds. The van der Waals surface area contributed by atoms with Crippen LogP contribution in [0.1, 0.15) is 46.5 Å². The maximum absolute atomic E-state index is 12.8. The minimum atomic E-state index is -0.805. The molecule has 0 aliphatic heterocycles. The van der Waals surface area contributed by atoms with Gasteiger partial charge in [0.1, 0.15) is 11.5 Å². The minimum absolute atomic E-state index is 0.0794. The summed E-state index contributed by atoms with van der Waals surface area (Å²) in [5.41, 5.74) is -0.805. The summed E-state index contributed by atoms with van der Waals surface area (Å²) >= 11 is 0. The van der Waals surface area contributed by atoms with Crippen LogP contribution in [0.3, 0.4) is 0 Å². The number of hydrogen-bond donors (Lipinski definition) is 0. The van der Waals surface area contributed by atoms with Crippen LogP contribution in [0.5, 0.6) is 0 Å². The Kier molecular flexibility index (Phi) is 5.53. The third-order valence-corrected chi connectivity index (χ3v) is 4.20. The zero-order valence-corrected chi connectivity index (χ0v) is 12.7. The maximum Gasteiger partial charge on any atom is 0.316 e. The Balaban J connectivity index is 3.01. The summed E-state index contributed by atoms with van der Waals surface area (Å²) in [6, 6.07) is 0. The molecule has 3 atom stereocenters. The fourth-order valence-corrected chi connectivity index (χ4v) is 3.11. The third-order valence-electron chi connectivity index (χ3n) is 4.20. The summed E-state index contributed by atoms with van der Waals surface area (Å²) in [4.78, 5) is 24.7. The first-order valence-electron chi connectivity index (χ1n) is 7.05. The molecule has 0 heterocycles. The number of carbonyl (C=O) groups is 2. The fraction of sp³-hybridized carbons (Fsp3) is 0.867.